The van der Waals surface area contributed by atoms with Crippen LogP contribution in [0.3, 0.4) is 0 Å². The van der Waals surface area contributed by atoms with Crippen LogP contribution in [0, 0.1) is 5.92 Å². The topological polar surface area (TPSA) is 175 Å². The second-order valence-electron chi connectivity index (χ2n) is 18.2. The minimum atomic E-state index is -5.08. The van der Waals surface area contributed by atoms with Gasteiger partial charge in [0.1, 0.15) is 11.8 Å². The van der Waals surface area contributed by atoms with Gasteiger partial charge in [-0.15, -0.1) is 0 Å². The molecule has 340 valence electrons. The van der Waals surface area contributed by atoms with Crippen molar-refractivity contribution in [1.29, 1.82) is 0 Å². The number of piperidine rings is 3. The molecule has 0 bridgehead atoms. The molecule has 64 heavy (non-hydrogen) atoms. The van der Waals surface area contributed by atoms with Crippen molar-refractivity contribution in [2.45, 2.75) is 127 Å². The largest absolute Gasteiger partial charge is 0.490 e. The summed E-state index contributed by atoms with van der Waals surface area (Å²) in [4.78, 5) is 81.0. The number of anilines is 2. The molecule has 2 N–H and O–H groups in total. The summed E-state index contributed by atoms with van der Waals surface area (Å²) < 4.78 is 40.7. The van der Waals surface area contributed by atoms with Gasteiger partial charge in [-0.25, -0.2) is 4.79 Å². The lowest BCUT2D eigenvalue weighted by atomic mass is 9.91. The van der Waals surface area contributed by atoms with Crippen molar-refractivity contribution in [3.05, 3.63) is 59.4 Å². The quantitative estimate of drug-likeness (QED) is 0.258. The van der Waals surface area contributed by atoms with Crippen molar-refractivity contribution >= 4 is 46.9 Å². The zero-order chi connectivity index (χ0) is 45.0. The third kappa shape index (κ3) is 8.48. The Hall–Kier alpha value is -5.78. The molecule has 0 radical (unpaired) electrons. The van der Waals surface area contributed by atoms with Gasteiger partial charge >= 0.3 is 12.1 Å². The van der Waals surface area contributed by atoms with E-state index in [1.807, 2.05) is 12.3 Å². The number of alkyl halides is 3. The van der Waals surface area contributed by atoms with Crippen LogP contribution in [0.5, 0.6) is 5.75 Å². The van der Waals surface area contributed by atoms with Gasteiger partial charge in [0.05, 0.1) is 35.2 Å². The Labute approximate surface area is 367 Å². The summed E-state index contributed by atoms with van der Waals surface area (Å²) >= 11 is 0. The lowest BCUT2D eigenvalue weighted by Crippen LogP contribution is -2.54. The first-order chi connectivity index (χ1) is 30.7. The molecule has 5 aliphatic heterocycles. The molecule has 2 aromatic carbocycles. The molecule has 18 heteroatoms. The number of amides is 5. The number of imide groups is 2. The lowest BCUT2D eigenvalue weighted by molar-refractivity contribution is -0.192. The molecular formula is C46H52F3N7O8. The zero-order valence-electron chi connectivity index (χ0n) is 35.6. The van der Waals surface area contributed by atoms with Gasteiger partial charge in [-0.05, 0) is 114 Å². The molecule has 5 fully saturated rings. The predicted octanol–water partition coefficient (Wildman–Crippen LogP) is 5.90. The van der Waals surface area contributed by atoms with E-state index in [0.29, 0.717) is 23.2 Å². The van der Waals surface area contributed by atoms with Gasteiger partial charge in [-0.2, -0.15) is 18.3 Å². The van der Waals surface area contributed by atoms with Crippen molar-refractivity contribution in [1.82, 2.24) is 24.9 Å². The summed E-state index contributed by atoms with van der Waals surface area (Å²) in [7, 11) is 0. The van der Waals surface area contributed by atoms with Gasteiger partial charge in [0.25, 0.3) is 11.8 Å². The molecule has 7 aliphatic rings. The Balaban J connectivity index is 0.000000686. The number of halogens is 3. The van der Waals surface area contributed by atoms with Crippen LogP contribution < -0.4 is 19.9 Å². The summed E-state index contributed by atoms with van der Waals surface area (Å²) in [5, 5.41) is 14.3. The zero-order valence-corrected chi connectivity index (χ0v) is 35.6. The molecule has 1 unspecified atom stereocenters. The molecule has 15 nitrogen and oxygen atoms in total. The third-order valence-electron chi connectivity index (χ3n) is 14.0. The molecule has 2 atom stereocenters. The van der Waals surface area contributed by atoms with Crippen LogP contribution in [0.25, 0.3) is 11.1 Å². The maximum absolute atomic E-state index is 13.4. The van der Waals surface area contributed by atoms with E-state index < -0.39 is 35.9 Å². The van der Waals surface area contributed by atoms with Crippen molar-refractivity contribution in [3.63, 3.8) is 0 Å². The number of carbonyl (C=O) groups excluding carboxylic acids is 5. The molecule has 3 saturated heterocycles. The number of nitrogens with zero attached hydrogens (tertiary/aromatic N) is 6. The van der Waals surface area contributed by atoms with Crippen LogP contribution in [0.15, 0.2) is 42.7 Å². The molecule has 5 amide bonds. The van der Waals surface area contributed by atoms with E-state index >= 15 is 0 Å². The normalized spacial score (nSPS) is 23.5. The van der Waals surface area contributed by atoms with E-state index in [-0.39, 0.29) is 42.7 Å². The monoisotopic (exact) mass is 887 g/mol. The Morgan fingerprint density at radius 1 is 0.812 bits per heavy atom. The second-order valence-corrected chi connectivity index (χ2v) is 18.2. The number of hydrogen-bond donors (Lipinski definition) is 2. The van der Waals surface area contributed by atoms with Crippen LogP contribution >= 0.6 is 0 Å². The number of nitrogens with one attached hydrogen (secondary N) is 1. The number of benzene rings is 2. The number of hydrogen-bond acceptors (Lipinski definition) is 10. The number of ether oxygens (including phenoxy) is 1. The van der Waals surface area contributed by atoms with E-state index in [9.17, 15) is 37.1 Å². The van der Waals surface area contributed by atoms with E-state index in [0.717, 1.165) is 124 Å². The summed E-state index contributed by atoms with van der Waals surface area (Å²) in [5.41, 5.74) is 5.90. The molecule has 0 spiro atoms. The SMILES string of the molecule is C[C@H]1CCc2c(ccc(-c3cnn(C4CCN(C5CCN(c6ccc7c(c6)C(=O)N(C6CCC(=O)NC6=O)C7=O)CC5)CC4)c3)c2OC2CCC2)N1C(=O)C1CC1.O=C(O)C(F)(F)F. The van der Waals surface area contributed by atoms with Gasteiger partial charge in [-0.1, -0.05) is 0 Å². The molecule has 6 heterocycles. The standard InChI is InChI=1S/C44H51N7O6.C2HF3O2/c1-26-5-9-35-37(50(26)42(54)27-6-7-27)12-11-33(40(35)57-32-3-2-4-32)28-24-45-49(25-28)30-17-21-47(22-18-30)29-15-19-48(20-16-29)31-8-10-34-36(23-31)44(56)51(43(34)55)38-13-14-39(52)46-41(38)53;3-2(4,5)1(6)7/h8,10-12,23-27,29-30,32,38H,2-7,9,13-22H2,1H3,(H,46,52,53);(H,6,7)/t26-,38?;/m0./s1. The summed E-state index contributed by atoms with van der Waals surface area (Å²) in [5.74, 6) is -3.29. The van der Waals surface area contributed by atoms with E-state index in [1.165, 1.54) is 12.0 Å². The highest BCUT2D eigenvalue weighted by Crippen LogP contribution is 2.46. The summed E-state index contributed by atoms with van der Waals surface area (Å²) in [6, 6.07) is 9.74. The smallest absolute Gasteiger partial charge is 0.489 e. The number of rotatable bonds is 8. The average Bonchev–Trinajstić information content (AvgIpc) is 3.95. The van der Waals surface area contributed by atoms with Gasteiger partial charge < -0.3 is 24.5 Å². The highest BCUT2D eigenvalue weighted by Gasteiger charge is 2.45. The number of carbonyl (C=O) groups is 6. The molecule has 2 aliphatic carbocycles. The fraction of sp³-hybridized carbons (Fsp3) is 0.543. The van der Waals surface area contributed by atoms with Crippen LogP contribution in [0.1, 0.15) is 116 Å². The maximum Gasteiger partial charge on any atom is 0.490 e. The fourth-order valence-electron chi connectivity index (χ4n) is 10.0. The Kier molecular flexibility index (Phi) is 11.8. The Morgan fingerprint density at radius 3 is 2.12 bits per heavy atom. The molecular weight excluding hydrogens is 836 g/mol. The van der Waals surface area contributed by atoms with Gasteiger partial charge in [-0.3, -0.25) is 38.9 Å². The number of aliphatic carboxylic acids is 1. The highest BCUT2D eigenvalue weighted by molar-refractivity contribution is 6.23. The minimum absolute atomic E-state index is 0.1000. The summed E-state index contributed by atoms with van der Waals surface area (Å²) in [6.45, 7) is 5.89. The van der Waals surface area contributed by atoms with Crippen molar-refractivity contribution in [3.8, 4) is 16.9 Å². The van der Waals surface area contributed by atoms with Crippen LogP contribution in [-0.4, -0.2) is 117 Å². The van der Waals surface area contributed by atoms with Crippen LogP contribution in [0.2, 0.25) is 0 Å². The molecule has 3 aromatic rings. The first-order valence-corrected chi connectivity index (χ1v) is 22.5. The van der Waals surface area contributed by atoms with E-state index in [1.54, 1.807) is 12.1 Å². The molecule has 10 rings (SSSR count). The molecule has 2 saturated carbocycles. The lowest BCUT2D eigenvalue weighted by Gasteiger charge is -2.42. The number of carboxylic acids is 1. The maximum atomic E-state index is 13.4. The first-order valence-electron chi connectivity index (χ1n) is 22.5. The predicted molar refractivity (Wildman–Crippen MR) is 226 cm³/mol. The Bertz CT molecular complexity index is 2360. The number of fused-ring (bicyclic) bond motifs is 2. The Morgan fingerprint density at radius 2 is 1.48 bits per heavy atom. The van der Waals surface area contributed by atoms with Gasteiger partial charge in [0, 0.05) is 79.2 Å². The van der Waals surface area contributed by atoms with E-state index in [4.69, 9.17) is 19.7 Å². The minimum Gasteiger partial charge on any atom is -0.489 e. The fourth-order valence-corrected chi connectivity index (χ4v) is 10.0. The molecule has 1 aromatic heterocycles. The average molecular weight is 888 g/mol. The van der Waals surface area contributed by atoms with Crippen LogP contribution in [0.4, 0.5) is 24.5 Å². The number of likely N-dealkylation sites (tertiary alicyclic amines) is 1. The number of carboxylic acid groups (broad SMARTS) is 1. The van der Waals surface area contributed by atoms with Gasteiger partial charge in [0.2, 0.25) is 17.7 Å². The second kappa shape index (κ2) is 17.3. The van der Waals surface area contributed by atoms with Crippen molar-refractivity contribution in [2.24, 2.45) is 5.92 Å². The van der Waals surface area contributed by atoms with E-state index in [2.05, 4.69) is 50.0 Å². The number of aromatic nitrogens is 2. The van der Waals surface area contributed by atoms with Crippen LogP contribution in [-0.2, 0) is 25.6 Å². The van der Waals surface area contributed by atoms with Crippen molar-refractivity contribution in [2.75, 3.05) is 36.0 Å². The van der Waals surface area contributed by atoms with Gasteiger partial charge in [0.15, 0.2) is 0 Å². The first kappa shape index (κ1) is 43.5. The third-order valence-corrected chi connectivity index (χ3v) is 14.0. The highest BCUT2D eigenvalue weighted by atomic mass is 19.4. The summed E-state index contributed by atoms with van der Waals surface area (Å²) in [6.07, 6.45) is 10.8. The van der Waals surface area contributed by atoms with Crippen molar-refractivity contribution < 1.29 is 51.8 Å².